The van der Waals surface area contributed by atoms with Crippen LogP contribution in [0.15, 0.2) is 107 Å². The van der Waals surface area contributed by atoms with Gasteiger partial charge in [0.15, 0.2) is 0 Å². The molecule has 1 N–H and O–H groups in total. The molecule has 11 heteroatoms. The number of carbonyl (C=O) groups excluding carboxylic acids is 1. The van der Waals surface area contributed by atoms with Crippen molar-refractivity contribution in [2.24, 2.45) is 5.10 Å². The molecule has 0 fully saturated rings. The quantitative estimate of drug-likeness (QED) is 0.164. The van der Waals surface area contributed by atoms with E-state index in [1.807, 2.05) is 18.2 Å². The SMILES string of the molecule is O=C(CN(c1cc(Cl)cc(Cl)c1)S(=O)(=O)c1ccccc1)N/N=C/c1ccc(OCc2ccccc2Cl)cc1. The van der Waals surface area contributed by atoms with Crippen LogP contribution in [-0.4, -0.2) is 27.1 Å². The van der Waals surface area contributed by atoms with E-state index in [2.05, 4.69) is 10.5 Å². The molecule has 0 saturated carbocycles. The van der Waals surface area contributed by atoms with E-state index >= 15 is 0 Å². The molecule has 4 aromatic rings. The van der Waals surface area contributed by atoms with Crippen LogP contribution in [0.2, 0.25) is 15.1 Å². The summed E-state index contributed by atoms with van der Waals surface area (Å²) in [5.74, 6) is -0.0282. The maximum absolute atomic E-state index is 13.4. The summed E-state index contributed by atoms with van der Waals surface area (Å²) in [5, 5.41) is 5.04. The van der Waals surface area contributed by atoms with Gasteiger partial charge in [-0.15, -0.1) is 0 Å². The molecule has 4 aromatic carbocycles. The number of hydrazone groups is 1. The molecule has 1 amide bonds. The third kappa shape index (κ3) is 7.74. The van der Waals surface area contributed by atoms with Crippen molar-refractivity contribution in [3.63, 3.8) is 0 Å². The van der Waals surface area contributed by atoms with E-state index in [0.717, 1.165) is 9.87 Å². The largest absolute Gasteiger partial charge is 0.489 e. The summed E-state index contributed by atoms with van der Waals surface area (Å²) in [7, 11) is -4.11. The van der Waals surface area contributed by atoms with Gasteiger partial charge in [-0.25, -0.2) is 13.8 Å². The minimum absolute atomic E-state index is 0.00856. The fourth-order valence-electron chi connectivity index (χ4n) is 3.49. The second-order valence-electron chi connectivity index (χ2n) is 8.19. The first kappa shape index (κ1) is 28.4. The minimum Gasteiger partial charge on any atom is -0.489 e. The average Bonchev–Trinajstić information content (AvgIpc) is 2.92. The molecule has 0 atom stereocenters. The summed E-state index contributed by atoms with van der Waals surface area (Å²) in [6.07, 6.45) is 1.43. The van der Waals surface area contributed by atoms with Crippen molar-refractivity contribution in [1.82, 2.24) is 5.43 Å². The summed E-state index contributed by atoms with van der Waals surface area (Å²) >= 11 is 18.4. The van der Waals surface area contributed by atoms with E-state index in [4.69, 9.17) is 39.5 Å². The Morgan fingerprint density at radius 3 is 2.18 bits per heavy atom. The van der Waals surface area contributed by atoms with E-state index < -0.39 is 22.5 Å². The highest BCUT2D eigenvalue weighted by Crippen LogP contribution is 2.29. The number of halogens is 3. The van der Waals surface area contributed by atoms with Gasteiger partial charge in [0.25, 0.3) is 15.9 Å². The lowest BCUT2D eigenvalue weighted by Gasteiger charge is -2.24. The van der Waals surface area contributed by atoms with Crippen LogP contribution in [0.5, 0.6) is 5.75 Å². The highest BCUT2D eigenvalue weighted by molar-refractivity contribution is 7.92. The number of ether oxygens (including phenoxy) is 1. The molecular formula is C28H22Cl3N3O4S. The molecule has 0 unspecified atom stereocenters. The third-order valence-corrected chi connectivity index (χ3v) is 7.98. The Morgan fingerprint density at radius 1 is 0.872 bits per heavy atom. The topological polar surface area (TPSA) is 88.1 Å². The highest BCUT2D eigenvalue weighted by atomic mass is 35.5. The molecule has 7 nitrogen and oxygen atoms in total. The number of rotatable bonds is 10. The maximum Gasteiger partial charge on any atom is 0.264 e. The maximum atomic E-state index is 13.4. The Kier molecular flexibility index (Phi) is 9.48. The predicted molar refractivity (Wildman–Crippen MR) is 155 cm³/mol. The molecule has 0 aliphatic heterocycles. The van der Waals surface area contributed by atoms with E-state index in [1.54, 1.807) is 48.5 Å². The molecule has 0 aliphatic rings. The number of carbonyl (C=O) groups is 1. The number of hydrogen-bond donors (Lipinski definition) is 1. The number of sulfonamides is 1. The predicted octanol–water partition coefficient (Wildman–Crippen LogP) is 6.57. The van der Waals surface area contributed by atoms with Crippen LogP contribution in [0, 0.1) is 0 Å². The van der Waals surface area contributed by atoms with Crippen molar-refractivity contribution in [2.75, 3.05) is 10.8 Å². The first-order chi connectivity index (χ1) is 18.7. The van der Waals surface area contributed by atoms with Gasteiger partial charge in [0.05, 0.1) is 16.8 Å². The van der Waals surface area contributed by atoms with Crippen molar-refractivity contribution in [3.8, 4) is 5.75 Å². The van der Waals surface area contributed by atoms with E-state index in [-0.39, 0.29) is 20.6 Å². The van der Waals surface area contributed by atoms with Crippen LogP contribution in [-0.2, 0) is 21.4 Å². The number of nitrogens with one attached hydrogen (secondary N) is 1. The Morgan fingerprint density at radius 2 is 1.51 bits per heavy atom. The van der Waals surface area contributed by atoms with E-state index in [0.29, 0.717) is 22.9 Å². The molecule has 4 rings (SSSR count). The summed E-state index contributed by atoms with van der Waals surface area (Å²) in [6.45, 7) is -0.233. The number of amides is 1. The van der Waals surface area contributed by atoms with E-state index in [1.165, 1.54) is 36.5 Å². The van der Waals surface area contributed by atoms with Gasteiger partial charge in [0.1, 0.15) is 18.9 Å². The van der Waals surface area contributed by atoms with Crippen molar-refractivity contribution < 1.29 is 17.9 Å². The van der Waals surface area contributed by atoms with Crippen molar-refractivity contribution in [3.05, 3.63) is 123 Å². The fraction of sp³-hybridized carbons (Fsp3) is 0.0714. The molecule has 200 valence electrons. The molecule has 0 radical (unpaired) electrons. The summed E-state index contributed by atoms with van der Waals surface area (Å²) in [6, 6.07) is 26.5. The Balaban J connectivity index is 1.42. The van der Waals surface area contributed by atoms with Crippen LogP contribution in [0.3, 0.4) is 0 Å². The Labute approximate surface area is 241 Å². The average molecular weight is 603 g/mol. The molecule has 0 aromatic heterocycles. The fourth-order valence-corrected chi connectivity index (χ4v) is 5.62. The second kappa shape index (κ2) is 13.0. The summed E-state index contributed by atoms with van der Waals surface area (Å²) in [5.41, 5.74) is 4.07. The van der Waals surface area contributed by atoms with Gasteiger partial charge in [0.2, 0.25) is 0 Å². The smallest absolute Gasteiger partial charge is 0.264 e. The standard InChI is InChI=1S/C28H22Cl3N3O4S/c29-22-14-23(30)16-24(15-22)34(39(36,37)26-7-2-1-3-8-26)18-28(35)33-32-17-20-10-12-25(13-11-20)38-19-21-6-4-5-9-27(21)31/h1-17H,18-19H2,(H,33,35)/b32-17+. The van der Waals surface area contributed by atoms with Gasteiger partial charge >= 0.3 is 0 Å². The van der Waals surface area contributed by atoms with Gasteiger partial charge in [-0.3, -0.25) is 9.10 Å². The van der Waals surface area contributed by atoms with Gasteiger partial charge < -0.3 is 4.74 Å². The minimum atomic E-state index is -4.11. The van der Waals surface area contributed by atoms with Crippen LogP contribution >= 0.6 is 34.8 Å². The molecule has 0 saturated heterocycles. The number of benzene rings is 4. The van der Waals surface area contributed by atoms with Gasteiger partial charge in [-0.05, 0) is 66.2 Å². The van der Waals surface area contributed by atoms with Crippen LogP contribution in [0.25, 0.3) is 0 Å². The molecule has 0 aliphatic carbocycles. The zero-order valence-corrected chi connectivity index (χ0v) is 23.4. The second-order valence-corrected chi connectivity index (χ2v) is 11.3. The zero-order valence-electron chi connectivity index (χ0n) is 20.3. The molecule has 39 heavy (non-hydrogen) atoms. The Bertz CT molecular complexity index is 1560. The van der Waals surface area contributed by atoms with Gasteiger partial charge in [-0.2, -0.15) is 5.10 Å². The molecule has 0 heterocycles. The van der Waals surface area contributed by atoms with Gasteiger partial charge in [-0.1, -0.05) is 71.2 Å². The molecule has 0 bridgehead atoms. The summed E-state index contributed by atoms with van der Waals surface area (Å²) in [4.78, 5) is 12.7. The van der Waals surface area contributed by atoms with Crippen molar-refractivity contribution in [1.29, 1.82) is 0 Å². The van der Waals surface area contributed by atoms with Crippen molar-refractivity contribution in [2.45, 2.75) is 11.5 Å². The normalized spacial score (nSPS) is 11.4. The monoisotopic (exact) mass is 601 g/mol. The van der Waals surface area contributed by atoms with E-state index in [9.17, 15) is 13.2 Å². The first-order valence-electron chi connectivity index (χ1n) is 11.5. The van der Waals surface area contributed by atoms with Crippen LogP contribution in [0.4, 0.5) is 5.69 Å². The third-order valence-electron chi connectivity index (χ3n) is 5.39. The zero-order chi connectivity index (χ0) is 27.8. The lowest BCUT2D eigenvalue weighted by molar-refractivity contribution is -0.119. The molecule has 0 spiro atoms. The van der Waals surface area contributed by atoms with Crippen LogP contribution < -0.4 is 14.5 Å². The number of hydrogen-bond acceptors (Lipinski definition) is 5. The lowest BCUT2D eigenvalue weighted by atomic mass is 10.2. The number of nitrogens with zero attached hydrogens (tertiary/aromatic N) is 2. The molecular weight excluding hydrogens is 581 g/mol. The lowest BCUT2D eigenvalue weighted by Crippen LogP contribution is -2.39. The summed E-state index contributed by atoms with van der Waals surface area (Å²) < 4.78 is 33.5. The van der Waals surface area contributed by atoms with Crippen molar-refractivity contribution >= 4 is 62.6 Å². The van der Waals surface area contributed by atoms with Gasteiger partial charge in [0, 0.05) is 20.6 Å². The van der Waals surface area contributed by atoms with Crippen LogP contribution in [0.1, 0.15) is 11.1 Å². The number of anilines is 1. The Hall–Kier alpha value is -3.56. The first-order valence-corrected chi connectivity index (χ1v) is 14.1. The highest BCUT2D eigenvalue weighted by Gasteiger charge is 2.27.